The highest BCUT2D eigenvalue weighted by Crippen LogP contribution is 2.29. The van der Waals surface area contributed by atoms with E-state index in [1.807, 2.05) is 66.7 Å². The van der Waals surface area contributed by atoms with Gasteiger partial charge in [-0.2, -0.15) is 0 Å². The minimum atomic E-state index is -0.466. The standard InChI is InChI=1S/C24H19NO2/c26-24(25-17-18-14-15-19-8-4-5-11-21(19)16-18)27-23-13-7-6-12-22(23)20-9-2-1-3-10-20/h1-16H,17H2,(H,25,26). The average molecular weight is 353 g/mol. The Morgan fingerprint density at radius 3 is 2.30 bits per heavy atom. The second-order valence-electron chi connectivity index (χ2n) is 6.29. The van der Waals surface area contributed by atoms with Crippen LogP contribution in [0.1, 0.15) is 5.56 Å². The molecule has 1 amide bonds. The normalized spacial score (nSPS) is 10.5. The largest absolute Gasteiger partial charge is 0.412 e. The van der Waals surface area contributed by atoms with Gasteiger partial charge in [-0.05, 0) is 34.0 Å². The van der Waals surface area contributed by atoms with Crippen LogP contribution in [0.5, 0.6) is 5.75 Å². The van der Waals surface area contributed by atoms with Crippen LogP contribution in [0.3, 0.4) is 0 Å². The molecule has 0 heterocycles. The van der Waals surface area contributed by atoms with E-state index in [2.05, 4.69) is 29.6 Å². The van der Waals surface area contributed by atoms with Gasteiger partial charge in [-0.25, -0.2) is 4.79 Å². The number of fused-ring (bicyclic) bond motifs is 1. The van der Waals surface area contributed by atoms with Crippen molar-refractivity contribution in [3.8, 4) is 16.9 Å². The van der Waals surface area contributed by atoms with Crippen LogP contribution in [0.25, 0.3) is 21.9 Å². The van der Waals surface area contributed by atoms with Crippen molar-refractivity contribution in [2.75, 3.05) is 0 Å². The van der Waals surface area contributed by atoms with Gasteiger partial charge in [-0.1, -0.05) is 84.9 Å². The van der Waals surface area contributed by atoms with Crippen LogP contribution in [0, 0.1) is 0 Å². The Hall–Kier alpha value is -3.59. The number of amides is 1. The molecular weight excluding hydrogens is 334 g/mol. The monoisotopic (exact) mass is 353 g/mol. The molecule has 0 atom stereocenters. The Bertz CT molecular complexity index is 1070. The predicted octanol–water partition coefficient (Wildman–Crippen LogP) is 5.80. The Morgan fingerprint density at radius 2 is 1.44 bits per heavy atom. The molecule has 27 heavy (non-hydrogen) atoms. The van der Waals surface area contributed by atoms with Crippen molar-refractivity contribution in [1.82, 2.24) is 5.32 Å². The summed E-state index contributed by atoms with van der Waals surface area (Å²) in [7, 11) is 0. The van der Waals surface area contributed by atoms with Crippen LogP contribution in [-0.4, -0.2) is 6.09 Å². The van der Waals surface area contributed by atoms with Crippen molar-refractivity contribution in [2.24, 2.45) is 0 Å². The molecule has 0 aromatic heterocycles. The molecule has 1 N–H and O–H groups in total. The van der Waals surface area contributed by atoms with Gasteiger partial charge in [0, 0.05) is 12.1 Å². The van der Waals surface area contributed by atoms with E-state index in [1.54, 1.807) is 6.07 Å². The van der Waals surface area contributed by atoms with Crippen molar-refractivity contribution in [1.29, 1.82) is 0 Å². The average Bonchev–Trinajstić information content (AvgIpc) is 2.73. The van der Waals surface area contributed by atoms with Crippen LogP contribution in [0.2, 0.25) is 0 Å². The van der Waals surface area contributed by atoms with Gasteiger partial charge >= 0.3 is 6.09 Å². The van der Waals surface area contributed by atoms with Crippen LogP contribution in [0.4, 0.5) is 4.79 Å². The number of nitrogens with one attached hydrogen (secondary N) is 1. The van der Waals surface area contributed by atoms with Crippen molar-refractivity contribution in [2.45, 2.75) is 6.54 Å². The lowest BCUT2D eigenvalue weighted by atomic mass is 10.1. The molecule has 0 saturated carbocycles. The maximum absolute atomic E-state index is 12.3. The first-order valence-corrected chi connectivity index (χ1v) is 8.87. The molecule has 4 rings (SSSR count). The maximum Gasteiger partial charge on any atom is 0.412 e. The minimum Gasteiger partial charge on any atom is -0.410 e. The second-order valence-corrected chi connectivity index (χ2v) is 6.29. The van der Waals surface area contributed by atoms with E-state index in [1.165, 1.54) is 5.39 Å². The summed E-state index contributed by atoms with van der Waals surface area (Å²) in [6, 6.07) is 31.7. The molecule has 0 unspecified atom stereocenters. The molecule has 4 aromatic carbocycles. The summed E-state index contributed by atoms with van der Waals surface area (Å²) in [5.74, 6) is 0.541. The van der Waals surface area contributed by atoms with E-state index in [9.17, 15) is 4.79 Å². The van der Waals surface area contributed by atoms with Gasteiger partial charge in [-0.15, -0.1) is 0 Å². The van der Waals surface area contributed by atoms with E-state index in [4.69, 9.17) is 4.74 Å². The topological polar surface area (TPSA) is 38.3 Å². The van der Waals surface area contributed by atoms with E-state index in [-0.39, 0.29) is 0 Å². The number of ether oxygens (including phenoxy) is 1. The summed E-state index contributed by atoms with van der Waals surface area (Å²) in [5.41, 5.74) is 2.93. The summed E-state index contributed by atoms with van der Waals surface area (Å²) in [6.07, 6.45) is -0.466. The molecule has 3 heteroatoms. The zero-order chi connectivity index (χ0) is 18.5. The fourth-order valence-electron chi connectivity index (χ4n) is 3.07. The van der Waals surface area contributed by atoms with Crippen molar-refractivity contribution in [3.05, 3.63) is 103 Å². The van der Waals surface area contributed by atoms with Gasteiger partial charge in [0.1, 0.15) is 5.75 Å². The van der Waals surface area contributed by atoms with Crippen molar-refractivity contribution >= 4 is 16.9 Å². The first-order chi connectivity index (χ1) is 13.3. The summed E-state index contributed by atoms with van der Waals surface area (Å²) in [6.45, 7) is 0.414. The second kappa shape index (κ2) is 7.75. The Kier molecular flexibility index (Phi) is 4.84. The maximum atomic E-state index is 12.3. The minimum absolute atomic E-state index is 0.414. The number of carbonyl (C=O) groups excluding carboxylic acids is 1. The lowest BCUT2D eigenvalue weighted by Crippen LogP contribution is -2.26. The van der Waals surface area contributed by atoms with Gasteiger partial charge in [0.2, 0.25) is 0 Å². The third-order valence-electron chi connectivity index (χ3n) is 4.43. The van der Waals surface area contributed by atoms with Crippen molar-refractivity contribution in [3.63, 3.8) is 0 Å². The summed E-state index contributed by atoms with van der Waals surface area (Å²) in [4.78, 5) is 12.3. The Balaban J connectivity index is 1.45. The predicted molar refractivity (Wildman–Crippen MR) is 109 cm³/mol. The molecule has 0 aliphatic carbocycles. The molecule has 0 bridgehead atoms. The fraction of sp³-hybridized carbons (Fsp3) is 0.0417. The van der Waals surface area contributed by atoms with E-state index < -0.39 is 6.09 Å². The number of hydrogen-bond acceptors (Lipinski definition) is 2. The molecule has 3 nitrogen and oxygen atoms in total. The van der Waals surface area contributed by atoms with E-state index >= 15 is 0 Å². The van der Waals surface area contributed by atoms with Crippen LogP contribution in [-0.2, 0) is 6.54 Å². The van der Waals surface area contributed by atoms with Gasteiger partial charge in [0.25, 0.3) is 0 Å². The summed E-state index contributed by atoms with van der Waals surface area (Å²) >= 11 is 0. The molecule has 4 aromatic rings. The van der Waals surface area contributed by atoms with Gasteiger partial charge in [-0.3, -0.25) is 0 Å². The Labute approximate surface area is 158 Å². The molecule has 0 radical (unpaired) electrons. The third-order valence-corrected chi connectivity index (χ3v) is 4.43. The SMILES string of the molecule is O=C(NCc1ccc2ccccc2c1)Oc1ccccc1-c1ccccc1. The first kappa shape index (κ1) is 16.9. The summed E-state index contributed by atoms with van der Waals surface area (Å²) in [5, 5.41) is 5.16. The highest BCUT2D eigenvalue weighted by molar-refractivity contribution is 5.83. The number of rotatable bonds is 4. The lowest BCUT2D eigenvalue weighted by molar-refractivity contribution is 0.200. The molecular formula is C24H19NO2. The van der Waals surface area contributed by atoms with Gasteiger partial charge < -0.3 is 10.1 Å². The van der Waals surface area contributed by atoms with Crippen LogP contribution < -0.4 is 10.1 Å². The third kappa shape index (κ3) is 3.98. The number of para-hydroxylation sites is 1. The lowest BCUT2D eigenvalue weighted by Gasteiger charge is -2.11. The first-order valence-electron chi connectivity index (χ1n) is 8.87. The number of carbonyl (C=O) groups is 1. The smallest absolute Gasteiger partial charge is 0.410 e. The highest BCUT2D eigenvalue weighted by Gasteiger charge is 2.10. The Morgan fingerprint density at radius 1 is 0.741 bits per heavy atom. The molecule has 0 spiro atoms. The quantitative estimate of drug-likeness (QED) is 0.504. The zero-order valence-corrected chi connectivity index (χ0v) is 14.8. The van der Waals surface area contributed by atoms with E-state index in [0.29, 0.717) is 12.3 Å². The molecule has 132 valence electrons. The number of hydrogen-bond donors (Lipinski definition) is 1. The highest BCUT2D eigenvalue weighted by atomic mass is 16.6. The van der Waals surface area contributed by atoms with Crippen LogP contribution in [0.15, 0.2) is 97.1 Å². The fourth-order valence-corrected chi connectivity index (χ4v) is 3.07. The van der Waals surface area contributed by atoms with Gasteiger partial charge in [0.05, 0.1) is 0 Å². The number of benzene rings is 4. The van der Waals surface area contributed by atoms with Crippen molar-refractivity contribution < 1.29 is 9.53 Å². The van der Waals surface area contributed by atoms with Crippen LogP contribution >= 0.6 is 0 Å². The molecule has 0 saturated heterocycles. The molecule has 0 aliphatic rings. The van der Waals surface area contributed by atoms with E-state index in [0.717, 1.165) is 22.1 Å². The molecule has 0 fully saturated rings. The van der Waals surface area contributed by atoms with Gasteiger partial charge in [0.15, 0.2) is 0 Å². The molecule has 0 aliphatic heterocycles. The summed E-state index contributed by atoms with van der Waals surface area (Å²) < 4.78 is 5.56. The zero-order valence-electron chi connectivity index (χ0n) is 14.8.